The van der Waals surface area contributed by atoms with E-state index in [0.29, 0.717) is 0 Å². The van der Waals surface area contributed by atoms with E-state index in [9.17, 15) is 13.6 Å². The summed E-state index contributed by atoms with van der Waals surface area (Å²) in [6, 6.07) is 3.53. The molecule has 0 saturated carbocycles. The van der Waals surface area contributed by atoms with E-state index >= 15 is 0 Å². The van der Waals surface area contributed by atoms with Crippen molar-refractivity contribution in [3.05, 3.63) is 34.4 Å². The SMILES string of the molecule is COC(=O)c1cc(C(F)F)c(C#N)cc1CO. The standard InChI is InChI=1S/C11H9F2NO3/c1-17-11(16)9-3-8(10(12)13)6(4-14)2-7(9)5-15/h2-3,10,15H,5H2,1H3. The van der Waals surface area contributed by atoms with Crippen LogP contribution in [0.25, 0.3) is 0 Å². The molecule has 6 heteroatoms. The van der Waals surface area contributed by atoms with Crippen LogP contribution in [-0.4, -0.2) is 18.2 Å². The van der Waals surface area contributed by atoms with Crippen LogP contribution in [0.1, 0.15) is 33.5 Å². The fourth-order valence-corrected chi connectivity index (χ4v) is 1.37. The fourth-order valence-electron chi connectivity index (χ4n) is 1.37. The van der Waals surface area contributed by atoms with Gasteiger partial charge >= 0.3 is 5.97 Å². The van der Waals surface area contributed by atoms with Gasteiger partial charge in [-0.3, -0.25) is 0 Å². The van der Waals surface area contributed by atoms with Crippen molar-refractivity contribution in [3.63, 3.8) is 0 Å². The maximum atomic E-state index is 12.6. The number of alkyl halides is 2. The molecule has 0 atom stereocenters. The Balaban J connectivity index is 3.45. The van der Waals surface area contributed by atoms with Gasteiger partial charge in [0.2, 0.25) is 0 Å². The highest BCUT2D eigenvalue weighted by Crippen LogP contribution is 2.26. The van der Waals surface area contributed by atoms with Crippen molar-refractivity contribution in [1.29, 1.82) is 5.26 Å². The van der Waals surface area contributed by atoms with Gasteiger partial charge in [-0.15, -0.1) is 0 Å². The summed E-state index contributed by atoms with van der Waals surface area (Å²) >= 11 is 0. The van der Waals surface area contributed by atoms with Crippen LogP contribution < -0.4 is 0 Å². The second kappa shape index (κ2) is 5.37. The van der Waals surface area contributed by atoms with E-state index < -0.39 is 24.6 Å². The number of halogens is 2. The summed E-state index contributed by atoms with van der Waals surface area (Å²) in [6.45, 7) is -0.539. The number of hydrogen-bond acceptors (Lipinski definition) is 4. The highest BCUT2D eigenvalue weighted by atomic mass is 19.3. The molecule has 90 valence electrons. The van der Waals surface area contributed by atoms with E-state index in [4.69, 9.17) is 10.4 Å². The molecule has 0 heterocycles. The number of carbonyl (C=O) groups is 1. The Labute approximate surface area is 96.0 Å². The molecule has 1 aromatic rings. The molecule has 0 fully saturated rings. The van der Waals surface area contributed by atoms with Crippen LogP contribution in [-0.2, 0) is 11.3 Å². The average Bonchev–Trinajstić information content (AvgIpc) is 2.35. The number of hydrogen-bond donors (Lipinski definition) is 1. The first kappa shape index (κ1) is 13.1. The van der Waals surface area contributed by atoms with Crippen LogP contribution in [0.5, 0.6) is 0 Å². The highest BCUT2D eigenvalue weighted by molar-refractivity contribution is 5.91. The number of methoxy groups -OCH3 is 1. The van der Waals surface area contributed by atoms with Gasteiger partial charge in [0.25, 0.3) is 6.43 Å². The van der Waals surface area contributed by atoms with Crippen molar-refractivity contribution in [3.8, 4) is 6.07 Å². The van der Waals surface area contributed by atoms with Gasteiger partial charge in [-0.2, -0.15) is 5.26 Å². The van der Waals surface area contributed by atoms with Gasteiger partial charge in [0.05, 0.1) is 30.9 Å². The molecule has 0 amide bonds. The van der Waals surface area contributed by atoms with Gasteiger partial charge in [-0.25, -0.2) is 13.6 Å². The van der Waals surface area contributed by atoms with Crippen LogP contribution in [0.2, 0.25) is 0 Å². The van der Waals surface area contributed by atoms with E-state index in [0.717, 1.165) is 19.2 Å². The predicted octanol–water partition coefficient (Wildman–Crippen LogP) is 1.77. The van der Waals surface area contributed by atoms with Gasteiger partial charge < -0.3 is 9.84 Å². The largest absolute Gasteiger partial charge is 0.465 e. The monoisotopic (exact) mass is 241 g/mol. The maximum absolute atomic E-state index is 12.6. The molecule has 0 unspecified atom stereocenters. The Hall–Kier alpha value is -2.00. The number of aliphatic hydroxyl groups excluding tert-OH is 1. The molecular weight excluding hydrogens is 232 g/mol. The van der Waals surface area contributed by atoms with Crippen molar-refractivity contribution >= 4 is 5.97 Å². The summed E-state index contributed by atoms with van der Waals surface area (Å²) in [5.74, 6) is -0.833. The topological polar surface area (TPSA) is 70.3 Å². The minimum Gasteiger partial charge on any atom is -0.465 e. The minimum atomic E-state index is -2.87. The van der Waals surface area contributed by atoms with Crippen molar-refractivity contribution in [1.82, 2.24) is 0 Å². The fraction of sp³-hybridized carbons (Fsp3) is 0.273. The molecule has 0 aromatic heterocycles. The van der Waals surface area contributed by atoms with E-state index in [1.807, 2.05) is 0 Å². The Bertz CT molecular complexity index is 480. The van der Waals surface area contributed by atoms with E-state index in [1.54, 1.807) is 6.07 Å². The molecule has 0 aliphatic heterocycles. The Kier molecular flexibility index (Phi) is 4.12. The van der Waals surface area contributed by atoms with E-state index in [-0.39, 0.29) is 16.7 Å². The summed E-state index contributed by atoms with van der Waals surface area (Å²) in [6.07, 6.45) is -2.87. The number of rotatable bonds is 3. The summed E-state index contributed by atoms with van der Waals surface area (Å²) in [5, 5.41) is 17.7. The highest BCUT2D eigenvalue weighted by Gasteiger charge is 2.20. The first-order valence-electron chi connectivity index (χ1n) is 4.59. The molecule has 0 bridgehead atoms. The lowest BCUT2D eigenvalue weighted by Crippen LogP contribution is -2.08. The molecule has 0 aliphatic carbocycles. The van der Waals surface area contributed by atoms with E-state index in [2.05, 4.69) is 4.74 Å². The number of nitriles is 1. The molecule has 1 N–H and O–H groups in total. The van der Waals surface area contributed by atoms with Gasteiger partial charge in [-0.1, -0.05) is 0 Å². The quantitative estimate of drug-likeness (QED) is 0.819. The molecule has 0 spiro atoms. The summed E-state index contributed by atoms with van der Waals surface area (Å²) in [5.41, 5.74) is -0.899. The molecule has 0 radical (unpaired) electrons. The van der Waals surface area contributed by atoms with Gasteiger partial charge in [-0.05, 0) is 17.7 Å². The van der Waals surface area contributed by atoms with Crippen molar-refractivity contribution in [2.24, 2.45) is 0 Å². The Morgan fingerprint density at radius 3 is 2.65 bits per heavy atom. The summed E-state index contributed by atoms with van der Waals surface area (Å²) < 4.78 is 29.7. The van der Waals surface area contributed by atoms with Crippen molar-refractivity contribution in [2.75, 3.05) is 7.11 Å². The Morgan fingerprint density at radius 1 is 1.59 bits per heavy atom. The normalized spacial score (nSPS) is 10.1. The van der Waals surface area contributed by atoms with Crippen LogP contribution >= 0.6 is 0 Å². The van der Waals surface area contributed by atoms with Crippen molar-refractivity contribution < 1.29 is 23.4 Å². The average molecular weight is 241 g/mol. The lowest BCUT2D eigenvalue weighted by molar-refractivity contribution is 0.0596. The second-order valence-electron chi connectivity index (χ2n) is 3.16. The predicted molar refractivity (Wildman–Crippen MR) is 53.4 cm³/mol. The maximum Gasteiger partial charge on any atom is 0.338 e. The second-order valence-corrected chi connectivity index (χ2v) is 3.16. The van der Waals surface area contributed by atoms with Gasteiger partial charge in [0, 0.05) is 5.56 Å². The number of esters is 1. The lowest BCUT2D eigenvalue weighted by atomic mass is 9.99. The lowest BCUT2D eigenvalue weighted by Gasteiger charge is -2.10. The summed E-state index contributed by atoms with van der Waals surface area (Å²) in [4.78, 5) is 11.3. The molecule has 0 saturated heterocycles. The third kappa shape index (κ3) is 2.57. The first-order chi connectivity index (χ1) is 8.04. The molecule has 1 rings (SSSR count). The number of aliphatic hydroxyl groups is 1. The zero-order valence-corrected chi connectivity index (χ0v) is 8.91. The van der Waals surface area contributed by atoms with E-state index in [1.165, 1.54) is 0 Å². The Morgan fingerprint density at radius 2 is 2.24 bits per heavy atom. The molecule has 0 aliphatic rings. The first-order valence-corrected chi connectivity index (χ1v) is 4.59. The number of ether oxygens (including phenoxy) is 1. The third-order valence-electron chi connectivity index (χ3n) is 2.21. The molecule has 1 aromatic carbocycles. The van der Waals surface area contributed by atoms with Crippen LogP contribution in [0.4, 0.5) is 8.78 Å². The van der Waals surface area contributed by atoms with Crippen molar-refractivity contribution in [2.45, 2.75) is 13.0 Å². The zero-order valence-electron chi connectivity index (χ0n) is 8.91. The minimum absolute atomic E-state index is 0.0813. The van der Waals surface area contributed by atoms with Crippen LogP contribution in [0.3, 0.4) is 0 Å². The van der Waals surface area contributed by atoms with Crippen LogP contribution in [0, 0.1) is 11.3 Å². The molecule has 17 heavy (non-hydrogen) atoms. The summed E-state index contributed by atoms with van der Waals surface area (Å²) in [7, 11) is 1.10. The third-order valence-corrected chi connectivity index (χ3v) is 2.21. The number of benzene rings is 1. The molecule has 4 nitrogen and oxygen atoms in total. The van der Waals surface area contributed by atoms with Crippen LogP contribution in [0.15, 0.2) is 12.1 Å². The van der Waals surface area contributed by atoms with Gasteiger partial charge in [0.15, 0.2) is 0 Å². The molecular formula is C11H9F2NO3. The van der Waals surface area contributed by atoms with Gasteiger partial charge in [0.1, 0.15) is 0 Å². The number of nitrogens with zero attached hydrogens (tertiary/aromatic N) is 1. The number of carbonyl (C=O) groups excluding carboxylic acids is 1. The smallest absolute Gasteiger partial charge is 0.338 e. The zero-order chi connectivity index (χ0) is 13.0.